The highest BCUT2D eigenvalue weighted by Gasteiger charge is 2.28. The number of nitrogens with one attached hydrogen (secondary N) is 2. The summed E-state index contributed by atoms with van der Waals surface area (Å²) < 4.78 is 0. The minimum Gasteiger partial charge on any atom is -0.362 e. The Balaban J connectivity index is 1.48. The first-order chi connectivity index (χ1) is 15.0. The average Bonchev–Trinajstić information content (AvgIpc) is 3.21. The van der Waals surface area contributed by atoms with Crippen LogP contribution in [-0.2, 0) is 16.0 Å². The molecule has 3 aromatic rings. The zero-order valence-electron chi connectivity index (χ0n) is 17.8. The lowest BCUT2D eigenvalue weighted by atomic mass is 10.1. The van der Waals surface area contributed by atoms with E-state index in [4.69, 9.17) is 0 Å². The van der Waals surface area contributed by atoms with Gasteiger partial charge in [-0.15, -0.1) is 0 Å². The van der Waals surface area contributed by atoms with Gasteiger partial charge >= 0.3 is 11.8 Å². The van der Waals surface area contributed by atoms with Crippen LogP contribution in [0.2, 0.25) is 0 Å². The van der Waals surface area contributed by atoms with Crippen LogP contribution in [0.5, 0.6) is 0 Å². The number of hydrogen-bond donors (Lipinski definition) is 2. The fourth-order valence-corrected chi connectivity index (χ4v) is 4.00. The summed E-state index contributed by atoms with van der Waals surface area (Å²) in [4.78, 5) is 31.6. The molecule has 0 aliphatic carbocycles. The topological polar surface area (TPSA) is 74.3 Å². The lowest BCUT2D eigenvalue weighted by Gasteiger charge is -2.30. The summed E-state index contributed by atoms with van der Waals surface area (Å²) in [5.74, 6) is -1.32. The molecule has 1 aromatic heterocycles. The Bertz CT molecular complexity index is 1100. The highest BCUT2D eigenvalue weighted by Crippen LogP contribution is 2.34. The van der Waals surface area contributed by atoms with Crippen molar-refractivity contribution in [3.8, 4) is 0 Å². The second-order valence-electron chi connectivity index (χ2n) is 7.79. The summed E-state index contributed by atoms with van der Waals surface area (Å²) in [5, 5.41) is 5.55. The van der Waals surface area contributed by atoms with E-state index in [2.05, 4.69) is 32.7 Å². The summed E-state index contributed by atoms with van der Waals surface area (Å²) in [7, 11) is 0. The number of hydrogen-bond acceptors (Lipinski definition) is 4. The second-order valence-corrected chi connectivity index (χ2v) is 7.79. The van der Waals surface area contributed by atoms with E-state index in [0.717, 1.165) is 35.3 Å². The number of benzene rings is 2. The van der Waals surface area contributed by atoms with E-state index in [0.29, 0.717) is 12.2 Å². The van der Waals surface area contributed by atoms with Crippen LogP contribution in [-0.4, -0.2) is 29.9 Å². The highest BCUT2D eigenvalue weighted by molar-refractivity contribution is 6.39. The third-order valence-corrected chi connectivity index (χ3v) is 5.88. The van der Waals surface area contributed by atoms with Crippen molar-refractivity contribution < 1.29 is 9.59 Å². The fraction of sp³-hybridized carbons (Fsp3) is 0.240. The van der Waals surface area contributed by atoms with Gasteiger partial charge in [-0.05, 0) is 60.7 Å². The predicted octanol–water partition coefficient (Wildman–Crippen LogP) is 3.56. The predicted molar refractivity (Wildman–Crippen MR) is 122 cm³/mol. The molecule has 1 atom stereocenters. The smallest absolute Gasteiger partial charge is 0.313 e. The first-order valence-corrected chi connectivity index (χ1v) is 10.4. The van der Waals surface area contributed by atoms with Crippen molar-refractivity contribution >= 4 is 23.2 Å². The number of aryl methyl sites for hydroxylation is 1. The van der Waals surface area contributed by atoms with Crippen LogP contribution in [0, 0.1) is 13.8 Å². The molecule has 6 nitrogen and oxygen atoms in total. The quantitative estimate of drug-likeness (QED) is 0.626. The number of anilines is 2. The number of rotatable bonds is 5. The Labute approximate surface area is 182 Å². The van der Waals surface area contributed by atoms with Crippen LogP contribution in [0.3, 0.4) is 0 Å². The first kappa shape index (κ1) is 20.6. The van der Waals surface area contributed by atoms with Gasteiger partial charge in [0.25, 0.3) is 0 Å². The minimum atomic E-state index is -0.666. The molecule has 2 aromatic carbocycles. The number of fused-ring (bicyclic) bond motifs is 1. The molecule has 0 fully saturated rings. The maximum absolute atomic E-state index is 12.6. The molecule has 1 aliphatic heterocycles. The Kier molecular flexibility index (Phi) is 5.98. The van der Waals surface area contributed by atoms with E-state index in [1.54, 1.807) is 12.3 Å². The number of carbonyl (C=O) groups excluding carboxylic acids is 2. The molecule has 0 bridgehead atoms. The highest BCUT2D eigenvalue weighted by atomic mass is 16.2. The maximum atomic E-state index is 12.6. The maximum Gasteiger partial charge on any atom is 0.313 e. The van der Waals surface area contributed by atoms with Crippen molar-refractivity contribution in [2.45, 2.75) is 26.3 Å². The monoisotopic (exact) mass is 414 g/mol. The van der Waals surface area contributed by atoms with Crippen LogP contribution in [0.25, 0.3) is 0 Å². The molecule has 1 aliphatic rings. The van der Waals surface area contributed by atoms with Gasteiger partial charge in [0.2, 0.25) is 0 Å². The van der Waals surface area contributed by atoms with Gasteiger partial charge < -0.3 is 15.5 Å². The lowest BCUT2D eigenvalue weighted by molar-refractivity contribution is -0.136. The van der Waals surface area contributed by atoms with Crippen LogP contribution < -0.4 is 15.5 Å². The van der Waals surface area contributed by atoms with Crippen LogP contribution in [0.4, 0.5) is 11.4 Å². The zero-order chi connectivity index (χ0) is 21.8. The summed E-state index contributed by atoms with van der Waals surface area (Å²) in [6, 6.07) is 17.7. The number of nitrogens with zero attached hydrogens (tertiary/aromatic N) is 2. The van der Waals surface area contributed by atoms with Crippen LogP contribution in [0.15, 0.2) is 67.0 Å². The van der Waals surface area contributed by atoms with Gasteiger partial charge in [-0.1, -0.05) is 36.4 Å². The molecule has 31 heavy (non-hydrogen) atoms. The van der Waals surface area contributed by atoms with E-state index in [-0.39, 0.29) is 6.04 Å². The van der Waals surface area contributed by atoms with E-state index >= 15 is 0 Å². The molecule has 6 heteroatoms. The zero-order valence-corrected chi connectivity index (χ0v) is 17.8. The number of aromatic nitrogens is 1. The standard InChI is InChI=1S/C25H26N4O2/c1-17-7-5-10-21(18(17)2)28-25(31)24(30)27-16-23(20-9-6-13-26-15-20)29-14-12-19-8-3-4-11-22(19)29/h3-11,13,15,23H,12,14,16H2,1-2H3,(H,27,30)(H,28,31). The molecule has 1 unspecified atom stereocenters. The van der Waals surface area contributed by atoms with Crippen molar-refractivity contribution in [3.05, 3.63) is 89.2 Å². The molecule has 0 saturated carbocycles. The summed E-state index contributed by atoms with van der Waals surface area (Å²) in [6.07, 6.45) is 4.50. The fourth-order valence-electron chi connectivity index (χ4n) is 4.00. The molecule has 0 radical (unpaired) electrons. The normalized spacial score (nSPS) is 13.4. The Morgan fingerprint density at radius 1 is 1.03 bits per heavy atom. The van der Waals surface area contributed by atoms with Gasteiger partial charge in [-0.3, -0.25) is 14.6 Å². The van der Waals surface area contributed by atoms with Gasteiger partial charge in [0.15, 0.2) is 0 Å². The van der Waals surface area contributed by atoms with E-state index in [9.17, 15) is 9.59 Å². The van der Waals surface area contributed by atoms with Crippen LogP contribution in [0.1, 0.15) is 28.3 Å². The second kappa shape index (κ2) is 9.00. The van der Waals surface area contributed by atoms with E-state index in [1.165, 1.54) is 5.56 Å². The van der Waals surface area contributed by atoms with Crippen molar-refractivity contribution in [3.63, 3.8) is 0 Å². The van der Waals surface area contributed by atoms with Gasteiger partial charge in [-0.25, -0.2) is 0 Å². The van der Waals surface area contributed by atoms with Crippen LogP contribution >= 0.6 is 0 Å². The molecular weight excluding hydrogens is 388 g/mol. The number of pyridine rings is 1. The largest absolute Gasteiger partial charge is 0.362 e. The van der Waals surface area contributed by atoms with E-state index < -0.39 is 11.8 Å². The Morgan fingerprint density at radius 2 is 1.87 bits per heavy atom. The number of para-hydroxylation sites is 1. The summed E-state index contributed by atoms with van der Waals surface area (Å²) in [5.41, 5.74) is 6.10. The molecule has 2 heterocycles. The third kappa shape index (κ3) is 4.43. The molecule has 2 N–H and O–H groups in total. The average molecular weight is 415 g/mol. The Hall–Kier alpha value is -3.67. The third-order valence-electron chi connectivity index (χ3n) is 5.88. The van der Waals surface area contributed by atoms with Crippen molar-refractivity contribution in [1.29, 1.82) is 0 Å². The van der Waals surface area contributed by atoms with Gasteiger partial charge in [0.1, 0.15) is 0 Å². The number of amides is 2. The molecular formula is C25H26N4O2. The number of carbonyl (C=O) groups is 2. The summed E-state index contributed by atoms with van der Waals surface area (Å²) in [6.45, 7) is 5.05. The van der Waals surface area contributed by atoms with Gasteiger partial charge in [0, 0.05) is 36.9 Å². The summed E-state index contributed by atoms with van der Waals surface area (Å²) >= 11 is 0. The molecule has 158 valence electrons. The lowest BCUT2D eigenvalue weighted by Crippen LogP contribution is -2.42. The van der Waals surface area contributed by atoms with Gasteiger partial charge in [-0.2, -0.15) is 0 Å². The van der Waals surface area contributed by atoms with Crippen molar-refractivity contribution in [1.82, 2.24) is 10.3 Å². The molecule has 4 rings (SSSR count). The van der Waals surface area contributed by atoms with Crippen molar-refractivity contribution in [2.24, 2.45) is 0 Å². The molecule has 0 saturated heterocycles. The molecule has 0 spiro atoms. The van der Waals surface area contributed by atoms with Crippen molar-refractivity contribution in [2.75, 3.05) is 23.3 Å². The van der Waals surface area contributed by atoms with Gasteiger partial charge in [0.05, 0.1) is 6.04 Å². The molecule has 2 amide bonds. The minimum absolute atomic E-state index is 0.116. The SMILES string of the molecule is Cc1cccc(NC(=O)C(=O)NCC(c2cccnc2)N2CCc3ccccc32)c1C. The first-order valence-electron chi connectivity index (χ1n) is 10.4. The van der Waals surface area contributed by atoms with E-state index in [1.807, 2.05) is 56.4 Å². The Morgan fingerprint density at radius 3 is 2.68 bits per heavy atom.